The second-order valence-corrected chi connectivity index (χ2v) is 7.90. The molecular weight excluding hydrogens is 388 g/mol. The number of hydrogen-bond acceptors (Lipinski definition) is 7. The van der Waals surface area contributed by atoms with Gasteiger partial charge in [-0.2, -0.15) is 15.3 Å². The quantitative estimate of drug-likeness (QED) is 0.368. The lowest BCUT2D eigenvalue weighted by Gasteiger charge is -2.13. The molecule has 0 N–H and O–H groups in total. The average molecular weight is 410 g/mol. The fourth-order valence-corrected chi connectivity index (χ4v) is 4.16. The van der Waals surface area contributed by atoms with Gasteiger partial charge in [0.25, 0.3) is 5.56 Å². The molecule has 3 rings (SSSR count). The van der Waals surface area contributed by atoms with Crippen LogP contribution in [0.1, 0.15) is 38.3 Å². The van der Waals surface area contributed by atoms with Crippen molar-refractivity contribution in [1.82, 2.24) is 9.78 Å². The van der Waals surface area contributed by atoms with Gasteiger partial charge in [0, 0.05) is 35.3 Å². The predicted molar refractivity (Wildman–Crippen MR) is 117 cm³/mol. The van der Waals surface area contributed by atoms with Gasteiger partial charge in [-0.25, -0.2) is 4.68 Å². The van der Waals surface area contributed by atoms with Crippen LogP contribution in [-0.2, 0) is 11.8 Å². The van der Waals surface area contributed by atoms with Crippen molar-refractivity contribution >= 4 is 38.8 Å². The molecule has 0 unspecified atom stereocenters. The molecule has 0 aliphatic rings. The fraction of sp³-hybridized carbons (Fsp3) is 0.286. The summed E-state index contributed by atoms with van der Waals surface area (Å²) in [5, 5.41) is 13.6. The Labute approximate surface area is 172 Å². The molecule has 0 fully saturated rings. The minimum Gasteiger partial charge on any atom is -0.424 e. The summed E-state index contributed by atoms with van der Waals surface area (Å²) >= 11 is 1.52. The molecule has 3 aromatic rings. The molecule has 0 spiro atoms. The van der Waals surface area contributed by atoms with Crippen molar-refractivity contribution < 1.29 is 9.53 Å². The van der Waals surface area contributed by atoms with Gasteiger partial charge in [-0.3, -0.25) is 9.59 Å². The second-order valence-electron chi connectivity index (χ2n) is 6.85. The van der Waals surface area contributed by atoms with Crippen LogP contribution in [0, 0.1) is 6.92 Å². The van der Waals surface area contributed by atoms with Gasteiger partial charge in [0.1, 0.15) is 5.69 Å². The van der Waals surface area contributed by atoms with Gasteiger partial charge in [0.15, 0.2) is 5.75 Å². The Balaban J connectivity index is 2.46. The first kappa shape index (κ1) is 20.6. The van der Waals surface area contributed by atoms with Crippen LogP contribution in [0.3, 0.4) is 0 Å². The van der Waals surface area contributed by atoms with E-state index in [0.29, 0.717) is 22.5 Å². The minimum absolute atomic E-state index is 0.174. The molecule has 7 nitrogen and oxygen atoms in total. The first-order valence-electron chi connectivity index (χ1n) is 9.04. The summed E-state index contributed by atoms with van der Waals surface area (Å²) in [5.74, 6) is -0.338. The lowest BCUT2D eigenvalue weighted by molar-refractivity contribution is -0.131. The molecule has 0 aliphatic carbocycles. The molecule has 0 bridgehead atoms. The number of hydrogen-bond donors (Lipinski definition) is 0. The van der Waals surface area contributed by atoms with Gasteiger partial charge in [0.2, 0.25) is 0 Å². The number of esters is 1. The molecule has 0 saturated heterocycles. The highest BCUT2D eigenvalue weighted by atomic mass is 32.1. The van der Waals surface area contributed by atoms with E-state index < -0.39 is 5.97 Å². The summed E-state index contributed by atoms with van der Waals surface area (Å²) in [6, 6.07) is 7.78. The van der Waals surface area contributed by atoms with Crippen molar-refractivity contribution in [1.29, 1.82) is 0 Å². The monoisotopic (exact) mass is 410 g/mol. The van der Waals surface area contributed by atoms with Crippen LogP contribution < -0.4 is 10.3 Å². The highest BCUT2D eigenvalue weighted by Gasteiger charge is 2.25. The van der Waals surface area contributed by atoms with Gasteiger partial charge >= 0.3 is 5.97 Å². The molecule has 0 aliphatic heterocycles. The van der Waals surface area contributed by atoms with Crippen molar-refractivity contribution in [2.24, 2.45) is 17.3 Å². The third-order valence-corrected chi connectivity index (χ3v) is 5.46. The summed E-state index contributed by atoms with van der Waals surface area (Å²) in [4.78, 5) is 25.7. The number of aromatic nitrogens is 2. The Hall–Kier alpha value is -3.13. The second kappa shape index (κ2) is 8.08. The van der Waals surface area contributed by atoms with Crippen LogP contribution in [0.5, 0.6) is 5.75 Å². The van der Waals surface area contributed by atoms with Crippen LogP contribution in [0.15, 0.2) is 39.3 Å². The molecule has 29 heavy (non-hydrogen) atoms. The highest BCUT2D eigenvalue weighted by Crippen LogP contribution is 2.42. The van der Waals surface area contributed by atoms with E-state index in [1.807, 2.05) is 45.0 Å². The summed E-state index contributed by atoms with van der Waals surface area (Å²) in [7, 11) is 1.58. The van der Waals surface area contributed by atoms with E-state index >= 15 is 0 Å². The molecule has 0 saturated carbocycles. The van der Waals surface area contributed by atoms with Crippen LogP contribution in [0.2, 0.25) is 0 Å². The van der Waals surface area contributed by atoms with Crippen LogP contribution in [-0.4, -0.2) is 27.2 Å². The van der Waals surface area contributed by atoms with Crippen LogP contribution >= 0.6 is 11.3 Å². The number of carbonyl (C=O) groups is 1. The van der Waals surface area contributed by atoms with Crippen molar-refractivity contribution in [3.63, 3.8) is 0 Å². The molecule has 0 amide bonds. The number of benzene rings is 1. The maximum absolute atomic E-state index is 13.2. The summed E-state index contributed by atoms with van der Waals surface area (Å²) in [5.41, 5.74) is 2.58. The zero-order valence-electron chi connectivity index (χ0n) is 17.2. The molecule has 0 atom stereocenters. The lowest BCUT2D eigenvalue weighted by atomic mass is 10.0. The Morgan fingerprint density at radius 3 is 2.45 bits per heavy atom. The third-order valence-electron chi connectivity index (χ3n) is 4.18. The zero-order valence-corrected chi connectivity index (χ0v) is 18.0. The molecule has 2 aromatic heterocycles. The van der Waals surface area contributed by atoms with Crippen LogP contribution in [0.4, 0.5) is 0 Å². The summed E-state index contributed by atoms with van der Waals surface area (Å²) in [6.45, 7) is 8.59. The Bertz CT molecular complexity index is 1230. The Morgan fingerprint density at radius 2 is 1.79 bits per heavy atom. The smallest absolute Gasteiger partial charge is 0.308 e. The standard InChI is InChI=1S/C21H22N4O3S/c1-11(2)22-23-13(4)20-17(15-9-7-8-10-16(15)29-20)18-19(28-14(5)26)12(3)24-25(6)21(18)27/h7-10H,1-6H3. The number of ether oxygens (including phenoxy) is 1. The zero-order chi connectivity index (χ0) is 21.3. The van der Waals surface area contributed by atoms with Gasteiger partial charge < -0.3 is 4.74 Å². The SMILES string of the molecule is CC(=O)Oc1c(C)nn(C)c(=O)c1-c1c(C(C)=NN=C(C)C)sc2ccccc12. The van der Waals surface area contributed by atoms with Gasteiger partial charge in [-0.15, -0.1) is 11.3 Å². The van der Waals surface area contributed by atoms with E-state index in [-0.39, 0.29) is 11.3 Å². The highest BCUT2D eigenvalue weighted by molar-refractivity contribution is 7.21. The molecule has 2 heterocycles. The molecule has 150 valence electrons. The van der Waals surface area contributed by atoms with E-state index in [1.165, 1.54) is 22.9 Å². The molecule has 0 radical (unpaired) electrons. The number of thiophene rings is 1. The minimum atomic E-state index is -0.512. The van der Waals surface area contributed by atoms with E-state index in [0.717, 1.165) is 20.7 Å². The van der Waals surface area contributed by atoms with Crippen molar-refractivity contribution in [2.45, 2.75) is 34.6 Å². The lowest BCUT2D eigenvalue weighted by Crippen LogP contribution is -2.24. The third kappa shape index (κ3) is 4.02. The van der Waals surface area contributed by atoms with E-state index in [4.69, 9.17) is 4.74 Å². The largest absolute Gasteiger partial charge is 0.424 e. The first-order valence-corrected chi connectivity index (χ1v) is 9.86. The van der Waals surface area contributed by atoms with Crippen LogP contribution in [0.25, 0.3) is 21.2 Å². The predicted octanol–water partition coefficient (Wildman–Crippen LogP) is 4.10. The number of fused-ring (bicyclic) bond motifs is 1. The first-order chi connectivity index (χ1) is 13.7. The topological polar surface area (TPSA) is 85.9 Å². The van der Waals surface area contributed by atoms with E-state index in [2.05, 4.69) is 15.3 Å². The van der Waals surface area contributed by atoms with E-state index in [9.17, 15) is 9.59 Å². The summed E-state index contributed by atoms with van der Waals surface area (Å²) < 4.78 is 7.69. The number of aryl methyl sites for hydroxylation is 2. The van der Waals surface area contributed by atoms with Crippen molar-refractivity contribution in [3.8, 4) is 16.9 Å². The molecule has 1 aromatic carbocycles. The maximum atomic E-state index is 13.2. The Kier molecular flexibility index (Phi) is 5.74. The summed E-state index contributed by atoms with van der Waals surface area (Å²) in [6.07, 6.45) is 0. The normalized spacial score (nSPS) is 11.6. The number of carbonyl (C=O) groups excluding carboxylic acids is 1. The van der Waals surface area contributed by atoms with Crippen molar-refractivity contribution in [2.75, 3.05) is 0 Å². The average Bonchev–Trinajstić information content (AvgIpc) is 3.03. The number of rotatable bonds is 4. The van der Waals surface area contributed by atoms with E-state index in [1.54, 1.807) is 14.0 Å². The maximum Gasteiger partial charge on any atom is 0.308 e. The van der Waals surface area contributed by atoms with Gasteiger partial charge in [-0.05, 0) is 33.8 Å². The van der Waals surface area contributed by atoms with Gasteiger partial charge in [-0.1, -0.05) is 18.2 Å². The van der Waals surface area contributed by atoms with Crippen molar-refractivity contribution in [3.05, 3.63) is 45.2 Å². The number of nitrogens with zero attached hydrogens (tertiary/aromatic N) is 4. The molecular formula is C21H22N4O3S. The fourth-order valence-electron chi connectivity index (χ4n) is 3.01. The van der Waals surface area contributed by atoms with Gasteiger partial charge in [0.05, 0.1) is 16.2 Å². The molecule has 8 heteroatoms. The Morgan fingerprint density at radius 1 is 1.10 bits per heavy atom.